The molecule has 126 valence electrons. The van der Waals surface area contributed by atoms with E-state index >= 15 is 0 Å². The van der Waals surface area contributed by atoms with E-state index in [0.717, 1.165) is 31.2 Å². The molecule has 0 bridgehead atoms. The van der Waals surface area contributed by atoms with Crippen molar-refractivity contribution in [2.75, 3.05) is 0 Å². The molecular weight excluding hydrogens is 296 g/mol. The number of benzene rings is 1. The van der Waals surface area contributed by atoms with Crippen LogP contribution in [0.3, 0.4) is 0 Å². The summed E-state index contributed by atoms with van der Waals surface area (Å²) in [4.78, 5) is 22.2. The normalized spacial score (nSPS) is 26.7. The van der Waals surface area contributed by atoms with Gasteiger partial charge in [-0.2, -0.15) is 0 Å². The predicted molar refractivity (Wildman–Crippen MR) is 89.0 cm³/mol. The van der Waals surface area contributed by atoms with Gasteiger partial charge in [-0.25, -0.2) is 0 Å². The van der Waals surface area contributed by atoms with Crippen LogP contribution in [-0.4, -0.2) is 9.85 Å². The van der Waals surface area contributed by atoms with Crippen LogP contribution in [0.25, 0.3) is 0 Å². The zero-order chi connectivity index (χ0) is 17.6. The Morgan fingerprint density at radius 1 is 1.04 bits per heavy atom. The fourth-order valence-corrected chi connectivity index (χ4v) is 3.79. The van der Waals surface area contributed by atoms with Crippen molar-refractivity contribution in [1.82, 2.24) is 0 Å². The number of hydrogen-bond acceptors (Lipinski definition) is 4. The molecule has 6 nitrogen and oxygen atoms in total. The van der Waals surface area contributed by atoms with E-state index in [-0.39, 0.29) is 27.8 Å². The van der Waals surface area contributed by atoms with Gasteiger partial charge >= 0.3 is 0 Å². The molecule has 1 aromatic carbocycles. The molecule has 0 aromatic heterocycles. The van der Waals surface area contributed by atoms with E-state index in [1.54, 1.807) is 6.07 Å². The molecule has 2 atom stereocenters. The van der Waals surface area contributed by atoms with Crippen molar-refractivity contribution >= 4 is 11.4 Å². The molecule has 1 aliphatic rings. The first-order valence-corrected chi connectivity index (χ1v) is 8.08. The Hall–Kier alpha value is -1.98. The summed E-state index contributed by atoms with van der Waals surface area (Å²) in [6, 6.07) is 1.59. The summed E-state index contributed by atoms with van der Waals surface area (Å²) in [7, 11) is 0. The average Bonchev–Trinajstić information content (AvgIpc) is 2.50. The van der Waals surface area contributed by atoms with Crippen LogP contribution in [0.15, 0.2) is 6.07 Å². The largest absolute Gasteiger partial charge is 0.283 e. The van der Waals surface area contributed by atoms with E-state index in [1.807, 2.05) is 20.8 Å². The van der Waals surface area contributed by atoms with Crippen LogP contribution in [0.5, 0.6) is 0 Å². The lowest BCUT2D eigenvalue weighted by molar-refractivity contribution is -0.396. The Morgan fingerprint density at radius 3 is 2.00 bits per heavy atom. The van der Waals surface area contributed by atoms with Crippen LogP contribution in [-0.2, 0) is 10.8 Å². The molecule has 2 unspecified atom stereocenters. The van der Waals surface area contributed by atoms with Gasteiger partial charge in [-0.05, 0) is 49.0 Å². The molecule has 2 rings (SSSR count). The van der Waals surface area contributed by atoms with Gasteiger partial charge in [0.05, 0.1) is 9.85 Å². The Kier molecular flexibility index (Phi) is 4.22. The first-order chi connectivity index (χ1) is 10.6. The second-order valence-corrected chi connectivity index (χ2v) is 7.13. The van der Waals surface area contributed by atoms with Crippen LogP contribution in [0.4, 0.5) is 11.4 Å². The zero-order valence-electron chi connectivity index (χ0n) is 14.4. The highest BCUT2D eigenvalue weighted by molar-refractivity contribution is 5.65. The molecule has 1 aliphatic carbocycles. The van der Waals surface area contributed by atoms with Crippen LogP contribution in [0.2, 0.25) is 0 Å². The third-order valence-electron chi connectivity index (χ3n) is 5.95. The minimum Gasteiger partial charge on any atom is -0.258 e. The molecule has 0 heterocycles. The van der Waals surface area contributed by atoms with Crippen molar-refractivity contribution in [3.63, 3.8) is 0 Å². The summed E-state index contributed by atoms with van der Waals surface area (Å²) in [5.74, 6) is 0. The monoisotopic (exact) mass is 320 g/mol. The van der Waals surface area contributed by atoms with Crippen molar-refractivity contribution in [3.05, 3.63) is 43.0 Å². The minimum atomic E-state index is -0.503. The molecule has 0 N–H and O–H groups in total. The lowest BCUT2D eigenvalue weighted by Gasteiger charge is -2.44. The van der Waals surface area contributed by atoms with Crippen molar-refractivity contribution in [3.8, 4) is 0 Å². The Bertz CT molecular complexity index is 686. The van der Waals surface area contributed by atoms with Crippen LogP contribution in [0, 0.1) is 27.2 Å². The minimum absolute atomic E-state index is 0.0575. The summed E-state index contributed by atoms with van der Waals surface area (Å²) in [6.45, 7) is 9.66. The molecule has 0 spiro atoms. The van der Waals surface area contributed by atoms with Gasteiger partial charge in [0.25, 0.3) is 11.4 Å². The smallest absolute Gasteiger partial charge is 0.258 e. The molecule has 0 saturated heterocycles. The summed E-state index contributed by atoms with van der Waals surface area (Å²) in [5.41, 5.74) is 0.898. The van der Waals surface area contributed by atoms with Gasteiger partial charge in [0, 0.05) is 11.6 Å². The molecule has 0 amide bonds. The van der Waals surface area contributed by atoms with E-state index in [1.165, 1.54) is 6.92 Å². The first kappa shape index (κ1) is 17.4. The molecule has 1 aromatic rings. The lowest BCUT2D eigenvalue weighted by atomic mass is 9.59. The zero-order valence-corrected chi connectivity index (χ0v) is 14.4. The number of nitro groups is 2. The quantitative estimate of drug-likeness (QED) is 0.580. The van der Waals surface area contributed by atoms with E-state index in [9.17, 15) is 20.2 Å². The molecule has 0 radical (unpaired) electrons. The fraction of sp³-hybridized carbons (Fsp3) is 0.647. The number of rotatable bonds is 4. The van der Waals surface area contributed by atoms with Gasteiger partial charge in [-0.3, -0.25) is 20.2 Å². The molecular formula is C17H24N2O4. The summed E-state index contributed by atoms with van der Waals surface area (Å²) < 4.78 is 0. The molecule has 0 saturated carbocycles. The average molecular weight is 320 g/mol. The number of hydrogen-bond donors (Lipinski definition) is 0. The second-order valence-electron chi connectivity index (χ2n) is 7.13. The maximum atomic E-state index is 11.8. The van der Waals surface area contributed by atoms with Crippen molar-refractivity contribution in [2.24, 2.45) is 0 Å². The van der Waals surface area contributed by atoms with Gasteiger partial charge in [-0.15, -0.1) is 0 Å². The number of fused-ring (bicyclic) bond motifs is 1. The standard InChI is InChI=1S/C17H24N2O4/c1-6-16(4)8-9-17(5,7-2)14-12(16)10-13(18(20)21)11(3)15(14)19(22)23/h10H,6-9H2,1-5H3. The molecule has 0 aliphatic heterocycles. The molecule has 6 heteroatoms. The SMILES string of the molecule is CCC1(C)CCC(C)(CC)c2c1cc([N+](=O)[O-])c(C)c2[N+](=O)[O-]. The van der Waals surface area contributed by atoms with Gasteiger partial charge in [-0.1, -0.05) is 27.7 Å². The highest BCUT2D eigenvalue weighted by Gasteiger charge is 2.47. The topological polar surface area (TPSA) is 86.3 Å². The Labute approximate surface area is 136 Å². The van der Waals surface area contributed by atoms with E-state index in [2.05, 4.69) is 6.92 Å². The molecule has 23 heavy (non-hydrogen) atoms. The van der Waals surface area contributed by atoms with Gasteiger partial charge in [0.1, 0.15) is 5.56 Å². The van der Waals surface area contributed by atoms with Crippen LogP contribution < -0.4 is 0 Å². The lowest BCUT2D eigenvalue weighted by Crippen LogP contribution is -2.37. The van der Waals surface area contributed by atoms with Gasteiger partial charge < -0.3 is 0 Å². The van der Waals surface area contributed by atoms with E-state index < -0.39 is 9.85 Å². The summed E-state index contributed by atoms with van der Waals surface area (Å²) in [6.07, 6.45) is 3.33. The summed E-state index contributed by atoms with van der Waals surface area (Å²) >= 11 is 0. The number of nitro benzene ring substituents is 2. The van der Waals surface area contributed by atoms with Gasteiger partial charge in [0.2, 0.25) is 0 Å². The van der Waals surface area contributed by atoms with Crippen LogP contribution >= 0.6 is 0 Å². The molecule has 0 fully saturated rings. The second kappa shape index (κ2) is 5.58. The Balaban J connectivity index is 2.98. The van der Waals surface area contributed by atoms with Gasteiger partial charge in [0.15, 0.2) is 0 Å². The highest BCUT2D eigenvalue weighted by atomic mass is 16.6. The van der Waals surface area contributed by atoms with Crippen LogP contribution in [0.1, 0.15) is 70.1 Å². The number of nitrogens with zero attached hydrogens (tertiary/aromatic N) is 2. The van der Waals surface area contributed by atoms with Crippen molar-refractivity contribution < 1.29 is 9.85 Å². The fourth-order valence-electron chi connectivity index (χ4n) is 3.79. The third-order valence-corrected chi connectivity index (χ3v) is 5.95. The van der Waals surface area contributed by atoms with E-state index in [0.29, 0.717) is 5.56 Å². The van der Waals surface area contributed by atoms with E-state index in [4.69, 9.17) is 0 Å². The predicted octanol–water partition coefficient (Wildman–Crippen LogP) is 4.94. The first-order valence-electron chi connectivity index (χ1n) is 8.08. The highest BCUT2D eigenvalue weighted by Crippen LogP contribution is 2.54. The maximum absolute atomic E-state index is 11.8. The third kappa shape index (κ3) is 2.50. The maximum Gasteiger partial charge on any atom is 0.283 e. The Morgan fingerprint density at radius 2 is 1.57 bits per heavy atom. The van der Waals surface area contributed by atoms with Crippen molar-refractivity contribution in [2.45, 2.75) is 71.1 Å². The summed E-state index contributed by atoms with van der Waals surface area (Å²) in [5, 5.41) is 23.2. The van der Waals surface area contributed by atoms with Crippen molar-refractivity contribution in [1.29, 1.82) is 0 Å².